The second kappa shape index (κ2) is 11.8. The van der Waals surface area contributed by atoms with Gasteiger partial charge in [0.2, 0.25) is 5.91 Å². The molecule has 0 radical (unpaired) electrons. The SMILES string of the molecule is CCC(CC)C(CNC(=O)C1CCN(C(=O)c2ccc(Cl)cc2)CC1)N1CCOCC1. The monoisotopic (exact) mass is 449 g/mol. The molecule has 1 unspecified atom stereocenters. The number of benzene rings is 1. The van der Waals surface area contributed by atoms with Crippen LogP contribution in [0.2, 0.25) is 5.02 Å². The molecule has 0 aliphatic carbocycles. The topological polar surface area (TPSA) is 61.9 Å². The molecule has 6 nitrogen and oxygen atoms in total. The molecular weight excluding hydrogens is 414 g/mol. The predicted molar refractivity (Wildman–Crippen MR) is 123 cm³/mol. The Bertz CT molecular complexity index is 709. The highest BCUT2D eigenvalue weighted by atomic mass is 35.5. The van der Waals surface area contributed by atoms with Crippen LogP contribution in [0.1, 0.15) is 49.9 Å². The first-order valence-corrected chi connectivity index (χ1v) is 12.1. The summed E-state index contributed by atoms with van der Waals surface area (Å²) in [7, 11) is 0. The Morgan fingerprint density at radius 3 is 2.26 bits per heavy atom. The van der Waals surface area contributed by atoms with E-state index in [9.17, 15) is 9.59 Å². The second-order valence-corrected chi connectivity index (χ2v) is 9.05. The number of halogens is 1. The highest BCUT2D eigenvalue weighted by Crippen LogP contribution is 2.22. The summed E-state index contributed by atoms with van der Waals surface area (Å²) in [6.07, 6.45) is 3.63. The Morgan fingerprint density at radius 2 is 1.68 bits per heavy atom. The van der Waals surface area contributed by atoms with Crippen molar-refractivity contribution in [1.29, 1.82) is 0 Å². The molecule has 1 N–H and O–H groups in total. The lowest BCUT2D eigenvalue weighted by Gasteiger charge is -2.39. The fourth-order valence-electron chi connectivity index (χ4n) is 4.81. The summed E-state index contributed by atoms with van der Waals surface area (Å²) in [4.78, 5) is 29.9. The Balaban J connectivity index is 1.50. The van der Waals surface area contributed by atoms with Gasteiger partial charge < -0.3 is 15.0 Å². The summed E-state index contributed by atoms with van der Waals surface area (Å²) in [5, 5.41) is 3.86. The maximum Gasteiger partial charge on any atom is 0.253 e. The Labute approximate surface area is 191 Å². The van der Waals surface area contributed by atoms with E-state index >= 15 is 0 Å². The maximum absolute atomic E-state index is 12.9. The van der Waals surface area contributed by atoms with E-state index in [1.54, 1.807) is 24.3 Å². The highest BCUT2D eigenvalue weighted by Gasteiger charge is 2.30. The average molecular weight is 450 g/mol. The molecule has 1 aromatic rings. The highest BCUT2D eigenvalue weighted by molar-refractivity contribution is 6.30. The molecule has 7 heteroatoms. The summed E-state index contributed by atoms with van der Waals surface area (Å²) < 4.78 is 5.52. The summed E-state index contributed by atoms with van der Waals surface area (Å²) >= 11 is 5.92. The second-order valence-electron chi connectivity index (χ2n) is 8.61. The first kappa shape index (κ1) is 24.0. The van der Waals surface area contributed by atoms with Crippen LogP contribution < -0.4 is 5.32 Å². The molecule has 2 amide bonds. The Kier molecular flexibility index (Phi) is 9.17. The number of ether oxygens (including phenoxy) is 1. The number of likely N-dealkylation sites (tertiary alicyclic amines) is 1. The van der Waals surface area contributed by atoms with Crippen LogP contribution in [-0.2, 0) is 9.53 Å². The Morgan fingerprint density at radius 1 is 1.06 bits per heavy atom. The van der Waals surface area contributed by atoms with Crippen molar-refractivity contribution in [1.82, 2.24) is 15.1 Å². The number of hydrogen-bond acceptors (Lipinski definition) is 4. The minimum atomic E-state index is -0.0266. The van der Waals surface area contributed by atoms with Crippen molar-refractivity contribution in [2.75, 3.05) is 45.9 Å². The van der Waals surface area contributed by atoms with Crippen LogP contribution in [0.4, 0.5) is 0 Å². The largest absolute Gasteiger partial charge is 0.379 e. The number of nitrogens with zero attached hydrogens (tertiary/aromatic N) is 2. The van der Waals surface area contributed by atoms with E-state index in [1.807, 2.05) is 4.90 Å². The third-order valence-electron chi connectivity index (χ3n) is 6.84. The van der Waals surface area contributed by atoms with Gasteiger partial charge in [0.1, 0.15) is 0 Å². The summed E-state index contributed by atoms with van der Waals surface area (Å²) in [5.41, 5.74) is 0.644. The van der Waals surface area contributed by atoms with E-state index in [0.717, 1.165) is 39.1 Å². The molecule has 2 aliphatic heterocycles. The van der Waals surface area contributed by atoms with E-state index < -0.39 is 0 Å². The van der Waals surface area contributed by atoms with Gasteiger partial charge in [0.25, 0.3) is 5.91 Å². The lowest BCUT2D eigenvalue weighted by atomic mass is 9.91. The summed E-state index contributed by atoms with van der Waals surface area (Å²) in [5.74, 6) is 0.679. The van der Waals surface area contributed by atoms with Crippen molar-refractivity contribution in [3.05, 3.63) is 34.9 Å². The number of hydrogen-bond donors (Lipinski definition) is 1. The van der Waals surface area contributed by atoms with Gasteiger partial charge in [0.05, 0.1) is 13.2 Å². The normalized spacial score (nSPS) is 19.4. The molecule has 0 spiro atoms. The zero-order valence-corrected chi connectivity index (χ0v) is 19.6. The van der Waals surface area contributed by atoms with Gasteiger partial charge in [-0.3, -0.25) is 14.5 Å². The van der Waals surface area contributed by atoms with Crippen molar-refractivity contribution in [3.63, 3.8) is 0 Å². The van der Waals surface area contributed by atoms with Crippen molar-refractivity contribution in [3.8, 4) is 0 Å². The number of nitrogens with one attached hydrogen (secondary N) is 1. The maximum atomic E-state index is 12.9. The molecule has 3 rings (SSSR count). The molecule has 172 valence electrons. The minimum Gasteiger partial charge on any atom is -0.379 e. The van der Waals surface area contributed by atoms with Crippen LogP contribution in [0.25, 0.3) is 0 Å². The van der Waals surface area contributed by atoms with Gasteiger partial charge in [-0.05, 0) is 43.0 Å². The van der Waals surface area contributed by atoms with Gasteiger partial charge in [-0.2, -0.15) is 0 Å². The molecule has 0 bridgehead atoms. The van der Waals surface area contributed by atoms with Crippen molar-refractivity contribution < 1.29 is 14.3 Å². The quantitative estimate of drug-likeness (QED) is 0.660. The smallest absolute Gasteiger partial charge is 0.253 e. The molecule has 0 saturated carbocycles. The number of morpholine rings is 1. The molecule has 31 heavy (non-hydrogen) atoms. The average Bonchev–Trinajstić information content (AvgIpc) is 2.82. The number of amides is 2. The minimum absolute atomic E-state index is 0.0108. The van der Waals surface area contributed by atoms with E-state index in [0.29, 0.717) is 55.0 Å². The standard InChI is InChI=1S/C24H36ClN3O3/c1-3-18(4-2)22(27-13-15-31-16-14-27)17-26-23(29)19-9-11-28(12-10-19)24(30)20-5-7-21(25)8-6-20/h5-8,18-19,22H,3-4,9-17H2,1-2H3,(H,26,29). The van der Waals surface area contributed by atoms with Gasteiger partial charge in [-0.25, -0.2) is 0 Å². The zero-order chi connectivity index (χ0) is 22.2. The van der Waals surface area contributed by atoms with Gasteiger partial charge >= 0.3 is 0 Å². The number of carbonyl (C=O) groups is 2. The van der Waals surface area contributed by atoms with E-state index in [-0.39, 0.29) is 17.7 Å². The van der Waals surface area contributed by atoms with Crippen molar-refractivity contribution >= 4 is 23.4 Å². The van der Waals surface area contributed by atoms with Gasteiger partial charge in [0, 0.05) is 55.3 Å². The van der Waals surface area contributed by atoms with Gasteiger partial charge in [0.15, 0.2) is 0 Å². The first-order valence-electron chi connectivity index (χ1n) is 11.7. The van der Waals surface area contributed by atoms with Crippen LogP contribution in [0, 0.1) is 11.8 Å². The van der Waals surface area contributed by atoms with Crippen LogP contribution in [0.5, 0.6) is 0 Å². The van der Waals surface area contributed by atoms with Crippen LogP contribution in [-0.4, -0.2) is 73.6 Å². The van der Waals surface area contributed by atoms with Gasteiger partial charge in [-0.15, -0.1) is 0 Å². The molecule has 0 aromatic heterocycles. The van der Waals surface area contributed by atoms with Gasteiger partial charge in [-0.1, -0.05) is 38.3 Å². The van der Waals surface area contributed by atoms with Crippen molar-refractivity contribution in [2.24, 2.45) is 11.8 Å². The van der Waals surface area contributed by atoms with E-state index in [4.69, 9.17) is 16.3 Å². The molecule has 2 fully saturated rings. The number of carbonyl (C=O) groups excluding carboxylic acids is 2. The van der Waals surface area contributed by atoms with Crippen molar-refractivity contribution in [2.45, 2.75) is 45.6 Å². The predicted octanol–water partition coefficient (Wildman–Crippen LogP) is 3.45. The zero-order valence-electron chi connectivity index (χ0n) is 18.8. The van der Waals surface area contributed by atoms with Crippen LogP contribution >= 0.6 is 11.6 Å². The molecule has 2 aliphatic rings. The number of rotatable bonds is 8. The molecule has 2 heterocycles. The third kappa shape index (κ3) is 6.43. The summed E-state index contributed by atoms with van der Waals surface area (Å²) in [6.45, 7) is 9.78. The molecule has 1 atom stereocenters. The fraction of sp³-hybridized carbons (Fsp3) is 0.667. The molecular formula is C24H36ClN3O3. The lowest BCUT2D eigenvalue weighted by Crippen LogP contribution is -2.53. The molecule has 2 saturated heterocycles. The van der Waals surface area contributed by atoms with Crippen LogP contribution in [0.15, 0.2) is 24.3 Å². The molecule has 1 aromatic carbocycles. The van der Waals surface area contributed by atoms with Crippen LogP contribution in [0.3, 0.4) is 0 Å². The summed E-state index contributed by atoms with van der Waals surface area (Å²) in [6, 6.07) is 7.34. The number of piperidine rings is 1. The van der Waals surface area contributed by atoms with E-state index in [2.05, 4.69) is 24.1 Å². The third-order valence-corrected chi connectivity index (χ3v) is 7.09. The lowest BCUT2D eigenvalue weighted by molar-refractivity contribution is -0.126. The fourth-order valence-corrected chi connectivity index (χ4v) is 4.93. The Hall–Kier alpha value is -1.63. The van der Waals surface area contributed by atoms with E-state index in [1.165, 1.54) is 0 Å². The first-order chi connectivity index (χ1) is 15.0.